The van der Waals surface area contributed by atoms with E-state index in [9.17, 15) is 9.59 Å². The van der Waals surface area contributed by atoms with E-state index in [2.05, 4.69) is 16.7 Å². The summed E-state index contributed by atoms with van der Waals surface area (Å²) in [4.78, 5) is 26.7. The van der Waals surface area contributed by atoms with Gasteiger partial charge in [-0.25, -0.2) is 4.79 Å². The van der Waals surface area contributed by atoms with Crippen molar-refractivity contribution in [1.29, 1.82) is 0 Å². The van der Waals surface area contributed by atoms with Crippen LogP contribution in [0.3, 0.4) is 0 Å². The molecule has 2 aromatic rings. The van der Waals surface area contributed by atoms with Gasteiger partial charge in [-0.05, 0) is 24.3 Å². The van der Waals surface area contributed by atoms with Crippen molar-refractivity contribution in [3.8, 4) is 0 Å². The van der Waals surface area contributed by atoms with Crippen molar-refractivity contribution < 1.29 is 19.4 Å². The molecule has 3 rings (SSSR count). The van der Waals surface area contributed by atoms with E-state index < -0.39 is 6.03 Å². The maximum Gasteiger partial charge on any atom is 0.326 e. The van der Waals surface area contributed by atoms with Crippen molar-refractivity contribution in [1.82, 2.24) is 5.32 Å². The largest absolute Gasteiger partial charge is 0.326 e. The molecular weight excluding hydrogens is 364 g/mol. The number of nitrogens with one attached hydrogen (secondary N) is 4. The first-order valence-electron chi connectivity index (χ1n) is 9.16. The van der Waals surface area contributed by atoms with Crippen LogP contribution in [0.25, 0.3) is 0 Å². The average Bonchev–Trinajstić information content (AvgIpc) is 2.64. The molecule has 2 aromatic carbocycles. The maximum atomic E-state index is 12.1. The summed E-state index contributed by atoms with van der Waals surface area (Å²) in [6.07, 6.45) is 0. The van der Waals surface area contributed by atoms with Crippen LogP contribution in [0.5, 0.6) is 0 Å². The third kappa shape index (κ3) is 6.36. The van der Waals surface area contributed by atoms with Crippen molar-refractivity contribution in [2.24, 2.45) is 0 Å². The van der Waals surface area contributed by atoms with Gasteiger partial charge < -0.3 is 15.1 Å². The molecule has 0 unspecified atom stereocenters. The Morgan fingerprint density at radius 3 is 2.33 bits per heavy atom. The second-order valence-corrected chi connectivity index (χ2v) is 7.29. The number of piperazine rings is 1. The molecule has 3 amide bonds. The van der Waals surface area contributed by atoms with Gasteiger partial charge in [-0.15, -0.1) is 0 Å². The van der Waals surface area contributed by atoms with Crippen LogP contribution in [0.4, 0.5) is 10.5 Å². The molecule has 0 radical (unpaired) electrons. The lowest BCUT2D eigenvalue weighted by atomic mass is 10.2. The number of hydrogen-bond acceptors (Lipinski definition) is 2. The summed E-state index contributed by atoms with van der Waals surface area (Å²) in [6.45, 7) is 5.05. The highest BCUT2D eigenvalue weighted by Gasteiger charge is 2.25. The van der Waals surface area contributed by atoms with E-state index in [-0.39, 0.29) is 5.91 Å². The highest BCUT2D eigenvalue weighted by molar-refractivity contribution is 6.30. The van der Waals surface area contributed by atoms with Crippen LogP contribution in [0.1, 0.15) is 5.56 Å². The maximum absolute atomic E-state index is 12.1. The zero-order chi connectivity index (χ0) is 19.1. The highest BCUT2D eigenvalue weighted by atomic mass is 35.5. The topological polar surface area (TPSA) is 67.1 Å². The third-order valence-corrected chi connectivity index (χ3v) is 4.94. The Balaban J connectivity index is 1.38. The van der Waals surface area contributed by atoms with E-state index in [1.807, 2.05) is 36.4 Å². The van der Waals surface area contributed by atoms with Crippen LogP contribution in [0, 0.1) is 0 Å². The van der Waals surface area contributed by atoms with Crippen LogP contribution >= 0.6 is 11.6 Å². The minimum absolute atomic E-state index is 0.253. The molecule has 4 N–H and O–H groups in total. The fourth-order valence-corrected chi connectivity index (χ4v) is 3.54. The van der Waals surface area contributed by atoms with Gasteiger partial charge >= 0.3 is 6.03 Å². The number of para-hydroxylation sites is 1. The third-order valence-electron chi connectivity index (χ3n) is 4.70. The van der Waals surface area contributed by atoms with E-state index in [1.54, 1.807) is 12.1 Å². The molecule has 1 aliphatic rings. The summed E-state index contributed by atoms with van der Waals surface area (Å²) >= 11 is 6.05. The van der Waals surface area contributed by atoms with Gasteiger partial charge in [0.25, 0.3) is 5.91 Å². The summed E-state index contributed by atoms with van der Waals surface area (Å²) in [5, 5.41) is 5.82. The van der Waals surface area contributed by atoms with Gasteiger partial charge in [0.2, 0.25) is 0 Å². The Bertz CT molecular complexity index is 777. The standard InChI is InChI=1S/C20H23ClN4O2/c21-17-6-4-5-16(13-17)14-24-9-11-25(12-10-24)15-19(26)23-20(27)22-18-7-2-1-3-8-18/h1-8,13H,9-12,14-15H2,(H2,22,23,26,27)/p+2. The van der Waals surface area contributed by atoms with Gasteiger partial charge in [0, 0.05) is 16.3 Å². The second-order valence-electron chi connectivity index (χ2n) is 6.85. The highest BCUT2D eigenvalue weighted by Crippen LogP contribution is 2.09. The first-order valence-corrected chi connectivity index (χ1v) is 9.54. The van der Waals surface area contributed by atoms with E-state index in [0.29, 0.717) is 12.2 Å². The summed E-state index contributed by atoms with van der Waals surface area (Å²) in [6, 6.07) is 16.5. The minimum atomic E-state index is -0.490. The van der Waals surface area contributed by atoms with Crippen molar-refractivity contribution in [2.75, 3.05) is 38.0 Å². The second kappa shape index (κ2) is 9.50. The van der Waals surface area contributed by atoms with Crippen molar-refractivity contribution in [3.63, 3.8) is 0 Å². The predicted octanol–water partition coefficient (Wildman–Crippen LogP) is -0.0283. The predicted molar refractivity (Wildman–Crippen MR) is 105 cm³/mol. The molecule has 0 spiro atoms. The SMILES string of the molecule is O=C(C[NH+]1CC[NH+](Cc2cccc(Cl)c2)CC1)NC(=O)Nc1ccccc1. The van der Waals surface area contributed by atoms with E-state index in [4.69, 9.17) is 11.6 Å². The Labute approximate surface area is 164 Å². The fraction of sp³-hybridized carbons (Fsp3) is 0.300. The van der Waals surface area contributed by atoms with Gasteiger partial charge in [-0.3, -0.25) is 10.1 Å². The van der Waals surface area contributed by atoms with Gasteiger partial charge in [0.15, 0.2) is 6.54 Å². The van der Waals surface area contributed by atoms with Crippen molar-refractivity contribution in [3.05, 3.63) is 65.2 Å². The number of imide groups is 1. The average molecular weight is 389 g/mol. The smallest absolute Gasteiger partial charge is 0.322 e. The summed E-state index contributed by atoms with van der Waals surface area (Å²) in [7, 11) is 0. The number of amides is 3. The van der Waals surface area contributed by atoms with E-state index in [0.717, 1.165) is 37.7 Å². The quantitative estimate of drug-likeness (QED) is 0.581. The lowest BCUT2D eigenvalue weighted by molar-refractivity contribution is -1.02. The Kier molecular flexibility index (Phi) is 6.81. The Morgan fingerprint density at radius 1 is 0.926 bits per heavy atom. The Morgan fingerprint density at radius 2 is 1.63 bits per heavy atom. The van der Waals surface area contributed by atoms with Crippen LogP contribution in [0.15, 0.2) is 54.6 Å². The number of carbonyl (C=O) groups is 2. The number of hydrogen-bond donors (Lipinski definition) is 4. The van der Waals surface area contributed by atoms with Crippen LogP contribution in [-0.4, -0.2) is 44.7 Å². The lowest BCUT2D eigenvalue weighted by Crippen LogP contribution is -3.28. The molecule has 1 aliphatic heterocycles. The van der Waals surface area contributed by atoms with Gasteiger partial charge in [0.05, 0.1) is 0 Å². The molecule has 6 nitrogen and oxygen atoms in total. The number of halogens is 1. The summed E-state index contributed by atoms with van der Waals surface area (Å²) in [5.74, 6) is -0.253. The molecule has 7 heteroatoms. The molecular formula is C20H25ClN4O2+2. The first-order chi connectivity index (χ1) is 13.1. The molecule has 1 saturated heterocycles. The van der Waals surface area contributed by atoms with E-state index in [1.165, 1.54) is 15.4 Å². The summed E-state index contributed by atoms with van der Waals surface area (Å²) < 4.78 is 0. The zero-order valence-electron chi connectivity index (χ0n) is 15.1. The monoisotopic (exact) mass is 388 g/mol. The molecule has 0 saturated carbocycles. The van der Waals surface area contributed by atoms with Gasteiger partial charge in [-0.2, -0.15) is 0 Å². The lowest BCUT2D eigenvalue weighted by Gasteiger charge is -2.29. The molecule has 0 atom stereocenters. The first kappa shape index (κ1) is 19.4. The number of anilines is 1. The molecule has 1 heterocycles. The molecule has 0 aliphatic carbocycles. The number of quaternary nitrogens is 2. The number of benzene rings is 2. The van der Waals surface area contributed by atoms with Gasteiger partial charge in [0.1, 0.15) is 32.7 Å². The Hall–Kier alpha value is -2.41. The van der Waals surface area contributed by atoms with Gasteiger partial charge in [-0.1, -0.05) is 41.9 Å². The minimum Gasteiger partial charge on any atom is -0.322 e. The fourth-order valence-electron chi connectivity index (χ4n) is 3.33. The van der Waals surface area contributed by atoms with Crippen LogP contribution in [0.2, 0.25) is 5.02 Å². The molecule has 142 valence electrons. The molecule has 1 fully saturated rings. The van der Waals surface area contributed by atoms with Crippen molar-refractivity contribution in [2.45, 2.75) is 6.54 Å². The number of rotatable bonds is 5. The summed E-state index contributed by atoms with van der Waals surface area (Å²) in [5.41, 5.74) is 1.89. The molecule has 0 aromatic heterocycles. The normalized spacial score (nSPS) is 19.3. The van der Waals surface area contributed by atoms with Crippen molar-refractivity contribution >= 4 is 29.2 Å². The molecule has 27 heavy (non-hydrogen) atoms. The molecule has 0 bridgehead atoms. The zero-order valence-corrected chi connectivity index (χ0v) is 15.9. The number of carbonyl (C=O) groups excluding carboxylic acids is 2. The van der Waals surface area contributed by atoms with Crippen LogP contribution in [-0.2, 0) is 11.3 Å². The van der Waals surface area contributed by atoms with E-state index >= 15 is 0 Å². The van der Waals surface area contributed by atoms with Crippen LogP contribution < -0.4 is 20.4 Å². The number of urea groups is 1.